The Bertz CT molecular complexity index is 820. The summed E-state index contributed by atoms with van der Waals surface area (Å²) >= 11 is 0. The zero-order valence-electron chi connectivity index (χ0n) is 13.9. The largest absolute Gasteiger partial charge is 0.468 e. The van der Waals surface area contributed by atoms with Gasteiger partial charge >= 0.3 is 5.97 Å². The van der Waals surface area contributed by atoms with Gasteiger partial charge in [0.15, 0.2) is 0 Å². The van der Waals surface area contributed by atoms with E-state index >= 15 is 0 Å². The molecule has 0 bridgehead atoms. The molecule has 0 spiro atoms. The molecule has 0 aliphatic heterocycles. The van der Waals surface area contributed by atoms with Gasteiger partial charge in [-0.3, -0.25) is 0 Å². The fraction of sp³-hybridized carbons (Fsp3) is 0.278. The van der Waals surface area contributed by atoms with Gasteiger partial charge in [0.2, 0.25) is 5.96 Å². The Labute approximate surface area is 145 Å². The number of rotatable bonds is 4. The quantitative estimate of drug-likeness (QED) is 0.383. The number of carbonyl (C=O) groups excluding carboxylic acids is 1. The van der Waals surface area contributed by atoms with Crippen LogP contribution in [0.15, 0.2) is 51.2 Å². The molecule has 0 radical (unpaired) electrons. The van der Waals surface area contributed by atoms with Gasteiger partial charge in [-0.05, 0) is 24.8 Å². The molecule has 0 amide bonds. The minimum absolute atomic E-state index is 0.142. The number of hydrogen-bond acceptors (Lipinski definition) is 5. The Morgan fingerprint density at radius 2 is 2.04 bits per heavy atom. The lowest BCUT2D eigenvalue weighted by molar-refractivity contribution is 0.0525. The van der Waals surface area contributed by atoms with Gasteiger partial charge in [-0.25, -0.2) is 4.79 Å². The lowest BCUT2D eigenvalue weighted by atomic mass is 9.81. The minimum atomic E-state index is -0.442. The average Bonchev–Trinajstić information content (AvgIpc) is 3.04. The van der Waals surface area contributed by atoms with E-state index in [1.807, 2.05) is 18.2 Å². The average molecular weight is 340 g/mol. The van der Waals surface area contributed by atoms with Crippen LogP contribution in [0.2, 0.25) is 0 Å². The Hall–Kier alpha value is -3.09. The fourth-order valence-electron chi connectivity index (χ4n) is 3.02. The van der Waals surface area contributed by atoms with Crippen molar-refractivity contribution in [2.75, 3.05) is 6.61 Å². The second-order valence-electron chi connectivity index (χ2n) is 5.76. The van der Waals surface area contributed by atoms with E-state index < -0.39 is 5.97 Å². The van der Waals surface area contributed by atoms with Gasteiger partial charge in [-0.15, -0.1) is 5.10 Å². The molecule has 1 aliphatic carbocycles. The lowest BCUT2D eigenvalue weighted by Gasteiger charge is -2.23. The third-order valence-corrected chi connectivity index (χ3v) is 4.08. The van der Waals surface area contributed by atoms with Crippen LogP contribution in [0, 0.1) is 0 Å². The van der Waals surface area contributed by atoms with Crippen LogP contribution in [0.4, 0.5) is 0 Å². The minimum Gasteiger partial charge on any atom is -0.468 e. The predicted molar refractivity (Wildman–Crippen MR) is 94.5 cm³/mol. The highest BCUT2D eigenvalue weighted by molar-refractivity contribution is 6.10. The van der Waals surface area contributed by atoms with Crippen molar-refractivity contribution in [2.45, 2.75) is 25.7 Å². The summed E-state index contributed by atoms with van der Waals surface area (Å²) in [6.07, 6.45) is 2.68. The molecule has 1 atom stereocenters. The summed E-state index contributed by atoms with van der Waals surface area (Å²) in [6.45, 7) is 2.04. The molecule has 130 valence electrons. The van der Waals surface area contributed by atoms with E-state index in [1.54, 1.807) is 6.92 Å². The summed E-state index contributed by atoms with van der Waals surface area (Å²) in [7, 11) is 0. The van der Waals surface area contributed by atoms with Crippen molar-refractivity contribution in [3.05, 3.63) is 59.0 Å². The smallest absolute Gasteiger partial charge is 0.342 e. The lowest BCUT2D eigenvalue weighted by Crippen LogP contribution is -2.24. The molecule has 1 aromatic heterocycles. The number of nitrogens with zero attached hydrogens (tertiary/aromatic N) is 2. The summed E-state index contributed by atoms with van der Waals surface area (Å²) in [4.78, 5) is 12.2. The van der Waals surface area contributed by atoms with E-state index in [9.17, 15) is 4.79 Å². The zero-order valence-corrected chi connectivity index (χ0v) is 13.9. The molecule has 25 heavy (non-hydrogen) atoms. The van der Waals surface area contributed by atoms with Gasteiger partial charge in [-0.1, -0.05) is 30.3 Å². The van der Waals surface area contributed by atoms with Crippen LogP contribution in [-0.4, -0.2) is 24.2 Å². The fourth-order valence-corrected chi connectivity index (χ4v) is 3.02. The van der Waals surface area contributed by atoms with Gasteiger partial charge in [0.1, 0.15) is 17.6 Å². The predicted octanol–water partition coefficient (Wildman–Crippen LogP) is 2.16. The van der Waals surface area contributed by atoms with E-state index in [1.165, 1.54) is 11.8 Å². The second kappa shape index (κ2) is 7.21. The number of guanidine groups is 1. The molecular weight excluding hydrogens is 320 g/mol. The number of benzene rings is 1. The van der Waals surface area contributed by atoms with Crippen LogP contribution in [0.25, 0.3) is 0 Å². The van der Waals surface area contributed by atoms with E-state index in [-0.39, 0.29) is 18.5 Å². The number of hydrogen-bond donors (Lipinski definition) is 2. The van der Waals surface area contributed by atoms with Gasteiger partial charge in [0.05, 0.1) is 17.9 Å². The third-order valence-electron chi connectivity index (χ3n) is 4.08. The van der Waals surface area contributed by atoms with E-state index in [0.717, 1.165) is 0 Å². The van der Waals surface area contributed by atoms with Crippen LogP contribution >= 0.6 is 0 Å². The molecule has 1 aromatic carbocycles. The first-order chi connectivity index (χ1) is 12.1. The van der Waals surface area contributed by atoms with Gasteiger partial charge < -0.3 is 20.6 Å². The molecule has 7 heteroatoms. The van der Waals surface area contributed by atoms with E-state index in [2.05, 4.69) is 22.3 Å². The SMILES string of the molecule is CCOC(=O)c1coc2c1/C(=N/N=C(N)N)CC(c1ccccc1)C2. The van der Waals surface area contributed by atoms with Gasteiger partial charge in [0.25, 0.3) is 0 Å². The first kappa shape index (κ1) is 16.8. The van der Waals surface area contributed by atoms with Crippen molar-refractivity contribution in [2.24, 2.45) is 21.7 Å². The number of carbonyl (C=O) groups is 1. The van der Waals surface area contributed by atoms with Crippen LogP contribution < -0.4 is 11.5 Å². The topological polar surface area (TPSA) is 116 Å². The summed E-state index contributed by atoms with van der Waals surface area (Å²) in [6, 6.07) is 10.1. The molecule has 1 unspecified atom stereocenters. The van der Waals surface area contributed by atoms with E-state index in [4.69, 9.17) is 20.6 Å². The summed E-state index contributed by atoms with van der Waals surface area (Å²) < 4.78 is 10.7. The zero-order chi connectivity index (χ0) is 17.8. The highest BCUT2D eigenvalue weighted by atomic mass is 16.5. The van der Waals surface area contributed by atoms with Crippen LogP contribution in [0.5, 0.6) is 0 Å². The Morgan fingerprint density at radius 1 is 1.28 bits per heavy atom. The summed E-state index contributed by atoms with van der Waals surface area (Å²) in [5.41, 5.74) is 13.6. The first-order valence-corrected chi connectivity index (χ1v) is 8.08. The Morgan fingerprint density at radius 3 is 2.72 bits per heavy atom. The molecular formula is C18H20N4O3. The van der Waals surface area contributed by atoms with Crippen LogP contribution in [0.1, 0.15) is 46.5 Å². The summed E-state index contributed by atoms with van der Waals surface area (Å²) in [5.74, 6) is 0.274. The maximum Gasteiger partial charge on any atom is 0.342 e. The van der Waals surface area contributed by atoms with Crippen LogP contribution in [0.3, 0.4) is 0 Å². The van der Waals surface area contributed by atoms with Crippen molar-refractivity contribution in [3.8, 4) is 0 Å². The maximum atomic E-state index is 12.2. The number of furan rings is 1. The van der Waals surface area contributed by atoms with Crippen molar-refractivity contribution in [3.63, 3.8) is 0 Å². The molecule has 0 saturated heterocycles. The third kappa shape index (κ3) is 3.55. The molecule has 2 aromatic rings. The normalized spacial score (nSPS) is 17.8. The highest BCUT2D eigenvalue weighted by Crippen LogP contribution is 2.36. The monoisotopic (exact) mass is 340 g/mol. The van der Waals surface area contributed by atoms with Gasteiger partial charge in [-0.2, -0.15) is 5.10 Å². The number of esters is 1. The summed E-state index contributed by atoms with van der Waals surface area (Å²) in [5, 5.41) is 7.93. The highest BCUT2D eigenvalue weighted by Gasteiger charge is 2.32. The molecule has 4 N–H and O–H groups in total. The number of fused-ring (bicyclic) bond motifs is 1. The Balaban J connectivity index is 2.03. The molecule has 0 fully saturated rings. The first-order valence-electron chi connectivity index (χ1n) is 8.08. The number of ether oxygens (including phenoxy) is 1. The second-order valence-corrected chi connectivity index (χ2v) is 5.76. The van der Waals surface area contributed by atoms with Crippen molar-refractivity contribution >= 4 is 17.6 Å². The van der Waals surface area contributed by atoms with Gasteiger partial charge in [0, 0.05) is 6.42 Å². The molecule has 1 aliphatic rings. The standard InChI is InChI=1S/C18H20N4O3/c1-2-24-17(23)13-10-25-15-9-12(11-6-4-3-5-7-11)8-14(16(13)15)21-22-18(19)20/h3-7,10,12H,2,8-9H2,1H3,(H4,19,20,22)/b21-14+. The molecule has 7 nitrogen and oxygen atoms in total. The van der Waals surface area contributed by atoms with Crippen molar-refractivity contribution < 1.29 is 13.9 Å². The number of nitrogens with two attached hydrogens (primary N) is 2. The molecule has 3 rings (SSSR count). The molecule has 1 heterocycles. The van der Waals surface area contributed by atoms with E-state index in [0.29, 0.717) is 35.4 Å². The van der Waals surface area contributed by atoms with Crippen LogP contribution in [-0.2, 0) is 11.2 Å². The maximum absolute atomic E-state index is 12.2. The van der Waals surface area contributed by atoms with Crippen molar-refractivity contribution in [1.82, 2.24) is 0 Å². The Kier molecular flexibility index (Phi) is 4.83. The molecule has 0 saturated carbocycles. The van der Waals surface area contributed by atoms with Crippen molar-refractivity contribution in [1.29, 1.82) is 0 Å².